The third kappa shape index (κ3) is 9.68. The van der Waals surface area contributed by atoms with Crippen LogP contribution >= 0.6 is 0 Å². The number of nitrogens with one attached hydrogen (secondary N) is 1. The van der Waals surface area contributed by atoms with Crippen molar-refractivity contribution in [3.05, 3.63) is 108 Å². The van der Waals surface area contributed by atoms with Gasteiger partial charge in [0.2, 0.25) is 23.6 Å². The Kier molecular flexibility index (Phi) is 14.7. The first kappa shape index (κ1) is 40.9. The van der Waals surface area contributed by atoms with Crippen molar-refractivity contribution in [1.82, 2.24) is 20.0 Å². The van der Waals surface area contributed by atoms with Crippen molar-refractivity contribution < 1.29 is 23.6 Å². The zero-order chi connectivity index (χ0) is 38.6. The molecule has 290 valence electrons. The Hall–Kier alpha value is -4.28. The van der Waals surface area contributed by atoms with E-state index in [1.165, 1.54) is 0 Å². The maximum absolute atomic E-state index is 15.3. The van der Waals surface area contributed by atoms with Crippen LogP contribution in [-0.4, -0.2) is 98.6 Å². The first-order valence-electron chi connectivity index (χ1n) is 20.0. The Morgan fingerprint density at radius 1 is 0.759 bits per heavy atom. The number of benzene rings is 3. The van der Waals surface area contributed by atoms with Crippen LogP contribution in [-0.2, 0) is 29.0 Å². The van der Waals surface area contributed by atoms with Crippen LogP contribution < -0.4 is 5.32 Å². The van der Waals surface area contributed by atoms with Gasteiger partial charge < -0.3 is 24.4 Å². The van der Waals surface area contributed by atoms with Crippen LogP contribution in [0.3, 0.4) is 0 Å². The summed E-state index contributed by atoms with van der Waals surface area (Å²) in [7, 11) is 0.178. The van der Waals surface area contributed by atoms with E-state index in [2.05, 4.69) is 18.4 Å². The normalized spacial score (nSPS) is 17.4. The quantitative estimate of drug-likeness (QED) is 0.0879. The maximum Gasteiger partial charge on any atom is 0.246 e. The molecular weight excluding hydrogens is 693 g/mol. The van der Waals surface area contributed by atoms with Crippen molar-refractivity contribution in [2.75, 3.05) is 39.8 Å². The summed E-state index contributed by atoms with van der Waals surface area (Å²) in [5.41, 5.74) is 1.39. The van der Waals surface area contributed by atoms with E-state index in [9.17, 15) is 14.4 Å². The number of likely N-dealkylation sites (tertiary alicyclic amines) is 2. The number of nitrogens with zero attached hydrogens (tertiary/aromatic N) is 3. The second-order valence-corrected chi connectivity index (χ2v) is 19.7. The molecule has 1 N–H and O–H groups in total. The molecule has 0 bridgehead atoms. The summed E-state index contributed by atoms with van der Waals surface area (Å²) in [5, 5.41) is 3.03. The van der Waals surface area contributed by atoms with Gasteiger partial charge >= 0.3 is 0 Å². The van der Waals surface area contributed by atoms with Gasteiger partial charge in [0, 0.05) is 46.3 Å². The van der Waals surface area contributed by atoms with E-state index in [-0.39, 0.29) is 23.6 Å². The summed E-state index contributed by atoms with van der Waals surface area (Å²) < 4.78 is 5.87. The van der Waals surface area contributed by atoms with Crippen LogP contribution in [0.2, 0.25) is 19.1 Å². The fourth-order valence-electron chi connectivity index (χ4n) is 8.36. The molecule has 0 aliphatic carbocycles. The summed E-state index contributed by atoms with van der Waals surface area (Å²) in [5.74, 6) is -0.242. The molecule has 3 aromatic rings. The summed E-state index contributed by atoms with van der Waals surface area (Å²) in [6, 6.07) is 29.4. The molecule has 0 spiro atoms. The van der Waals surface area contributed by atoms with Crippen molar-refractivity contribution in [2.24, 2.45) is 0 Å². The number of hydrogen-bond donors (Lipinski definition) is 1. The van der Waals surface area contributed by atoms with E-state index in [0.717, 1.165) is 61.4 Å². The highest BCUT2D eigenvalue weighted by molar-refractivity contribution is 6.71. The second-order valence-electron chi connectivity index (χ2n) is 15.4. The van der Waals surface area contributed by atoms with Gasteiger partial charge in [-0.25, -0.2) is 0 Å². The molecule has 9 nitrogen and oxygen atoms in total. The van der Waals surface area contributed by atoms with E-state index < -0.39 is 25.8 Å². The first-order valence-corrected chi connectivity index (χ1v) is 23.2. The fourth-order valence-corrected chi connectivity index (χ4v) is 10.3. The standard InChI is InChI=1S/C44H60N4O5Si/c1-5-53-54(3,4)34-20-30-45-40(49)29-16-9-17-31-46(2)41(50)38-27-18-32-47(38)42(51)39-28-19-33-48(39)43(52)44(35-21-10-6-11-22-35,36-23-12-7-13-24-36)37-25-14-8-15-26-37/h6-8,10-15,21-26,38-39H,5,9,16-20,27-34H2,1-4H3,(H,45,49)/t38-,39-/m0/s1. The lowest BCUT2D eigenvalue weighted by molar-refractivity contribution is -0.149. The van der Waals surface area contributed by atoms with Crippen molar-refractivity contribution in [3.63, 3.8) is 0 Å². The predicted molar refractivity (Wildman–Crippen MR) is 216 cm³/mol. The molecule has 2 heterocycles. The van der Waals surface area contributed by atoms with Crippen molar-refractivity contribution in [2.45, 2.75) is 101 Å². The monoisotopic (exact) mass is 752 g/mol. The highest BCUT2D eigenvalue weighted by Crippen LogP contribution is 2.42. The van der Waals surface area contributed by atoms with Crippen LogP contribution in [0.25, 0.3) is 0 Å². The van der Waals surface area contributed by atoms with Gasteiger partial charge in [-0.15, -0.1) is 0 Å². The molecule has 10 heteroatoms. The van der Waals surface area contributed by atoms with Gasteiger partial charge in [-0.3, -0.25) is 19.2 Å². The Labute approximate surface area is 323 Å². The molecular formula is C44H60N4O5Si. The third-order valence-electron chi connectivity index (χ3n) is 11.1. The van der Waals surface area contributed by atoms with Gasteiger partial charge in [0.1, 0.15) is 17.5 Å². The Bertz CT molecular complexity index is 1580. The maximum atomic E-state index is 15.3. The molecule has 2 aliphatic rings. The smallest absolute Gasteiger partial charge is 0.246 e. The van der Waals surface area contributed by atoms with Crippen LogP contribution in [0.5, 0.6) is 0 Å². The topological polar surface area (TPSA) is 99.3 Å². The number of carbonyl (C=O) groups excluding carboxylic acids is 4. The minimum Gasteiger partial charge on any atom is -0.418 e. The molecule has 54 heavy (non-hydrogen) atoms. The van der Waals surface area contributed by atoms with E-state index in [4.69, 9.17) is 4.43 Å². The van der Waals surface area contributed by atoms with Gasteiger partial charge in [-0.2, -0.15) is 0 Å². The average molecular weight is 753 g/mol. The minimum absolute atomic E-state index is 0.0554. The number of carbonyl (C=O) groups is 4. The molecule has 3 aromatic carbocycles. The van der Waals surface area contributed by atoms with Gasteiger partial charge in [0.05, 0.1) is 0 Å². The Morgan fingerprint density at radius 2 is 1.30 bits per heavy atom. The number of rotatable bonds is 18. The second kappa shape index (κ2) is 19.3. The van der Waals surface area contributed by atoms with E-state index >= 15 is 4.79 Å². The largest absolute Gasteiger partial charge is 0.418 e. The molecule has 0 unspecified atom stereocenters. The zero-order valence-electron chi connectivity index (χ0n) is 32.8. The predicted octanol–water partition coefficient (Wildman–Crippen LogP) is 6.77. The van der Waals surface area contributed by atoms with Gasteiger partial charge in [0.15, 0.2) is 8.32 Å². The van der Waals surface area contributed by atoms with E-state index in [0.29, 0.717) is 51.9 Å². The Morgan fingerprint density at radius 3 is 1.85 bits per heavy atom. The van der Waals surface area contributed by atoms with Crippen LogP contribution in [0.4, 0.5) is 0 Å². The van der Waals surface area contributed by atoms with Crippen LogP contribution in [0.15, 0.2) is 91.0 Å². The molecule has 4 amide bonds. The summed E-state index contributed by atoms with van der Waals surface area (Å²) in [6.45, 7) is 9.41. The number of amides is 4. The highest BCUT2D eigenvalue weighted by atomic mass is 28.4. The lowest BCUT2D eigenvalue weighted by atomic mass is 9.68. The molecule has 5 rings (SSSR count). The van der Waals surface area contributed by atoms with Crippen molar-refractivity contribution in [3.8, 4) is 0 Å². The van der Waals surface area contributed by atoms with Gasteiger partial charge in [-0.1, -0.05) is 97.4 Å². The third-order valence-corrected chi connectivity index (χ3v) is 13.8. The lowest BCUT2D eigenvalue weighted by Gasteiger charge is -2.40. The lowest BCUT2D eigenvalue weighted by Crippen LogP contribution is -2.56. The van der Waals surface area contributed by atoms with E-state index in [1.54, 1.807) is 14.7 Å². The first-order chi connectivity index (χ1) is 26.1. The summed E-state index contributed by atoms with van der Waals surface area (Å²) in [6.07, 6.45) is 6.45. The SMILES string of the molecule is CCO[Si](C)(C)CCCNC(=O)CCCCCN(C)C(=O)[C@@H]1CCCN1C(=O)[C@@H]1CCCN1C(=O)C(c1ccccc1)(c1ccccc1)c1ccccc1. The molecule has 0 saturated carbocycles. The molecule has 2 fully saturated rings. The van der Waals surface area contributed by atoms with Crippen molar-refractivity contribution >= 4 is 31.9 Å². The number of hydrogen-bond acceptors (Lipinski definition) is 5. The number of unbranched alkanes of at least 4 members (excludes halogenated alkanes) is 2. The van der Waals surface area contributed by atoms with E-state index in [1.807, 2.05) is 105 Å². The molecule has 0 aromatic heterocycles. The number of likely N-dealkylation sites (N-methyl/N-ethyl adjacent to an activating group) is 1. The zero-order valence-corrected chi connectivity index (χ0v) is 33.8. The Balaban J connectivity index is 1.20. The molecule has 2 saturated heterocycles. The highest BCUT2D eigenvalue weighted by Gasteiger charge is 2.51. The van der Waals surface area contributed by atoms with Gasteiger partial charge in [-0.05, 0) is 87.7 Å². The molecule has 2 aliphatic heterocycles. The minimum atomic E-state index is -1.63. The van der Waals surface area contributed by atoms with Crippen LogP contribution in [0.1, 0.15) is 81.4 Å². The fraction of sp³-hybridized carbons (Fsp3) is 0.500. The van der Waals surface area contributed by atoms with Crippen molar-refractivity contribution in [1.29, 1.82) is 0 Å². The molecule has 0 radical (unpaired) electrons. The molecule has 2 atom stereocenters. The summed E-state index contributed by atoms with van der Waals surface area (Å²) >= 11 is 0. The average Bonchev–Trinajstić information content (AvgIpc) is 3.89. The van der Waals surface area contributed by atoms with Crippen LogP contribution in [0, 0.1) is 0 Å². The van der Waals surface area contributed by atoms with Gasteiger partial charge in [0.25, 0.3) is 0 Å². The summed E-state index contributed by atoms with van der Waals surface area (Å²) in [4.78, 5) is 61.3.